The van der Waals surface area contributed by atoms with Gasteiger partial charge in [-0.1, -0.05) is 18.2 Å². The van der Waals surface area contributed by atoms with Crippen LogP contribution in [-0.4, -0.2) is 12.5 Å². The zero-order valence-corrected chi connectivity index (χ0v) is 12.2. The van der Waals surface area contributed by atoms with E-state index < -0.39 is 0 Å². The van der Waals surface area contributed by atoms with E-state index in [-0.39, 0.29) is 12.5 Å². The molecule has 0 atom stereocenters. The second-order valence-corrected chi connectivity index (χ2v) is 5.36. The number of fused-ring (bicyclic) bond motifs is 1. The standard InChI is InChI=1S/C15H13BrN2O2/c16-11-3-1-2-4-12(11)17-8-10-5-6-14-13(7-10)18-15(19)9-20-14/h1-7,17H,8-9H2,(H,18,19). The molecule has 1 heterocycles. The van der Waals surface area contributed by atoms with Crippen molar-refractivity contribution in [1.82, 2.24) is 0 Å². The molecule has 2 N–H and O–H groups in total. The quantitative estimate of drug-likeness (QED) is 0.905. The second kappa shape index (κ2) is 5.54. The number of para-hydroxylation sites is 1. The number of rotatable bonds is 3. The Kier molecular flexibility index (Phi) is 3.60. The van der Waals surface area contributed by atoms with E-state index in [0.29, 0.717) is 12.3 Å². The van der Waals surface area contributed by atoms with Gasteiger partial charge in [0.2, 0.25) is 0 Å². The third kappa shape index (κ3) is 2.77. The predicted octanol–water partition coefficient (Wildman–Crippen LogP) is 3.39. The van der Waals surface area contributed by atoms with Crippen molar-refractivity contribution in [2.24, 2.45) is 0 Å². The summed E-state index contributed by atoms with van der Waals surface area (Å²) in [5.74, 6) is 0.600. The van der Waals surface area contributed by atoms with Crippen LogP contribution in [0, 0.1) is 0 Å². The fourth-order valence-electron chi connectivity index (χ4n) is 2.04. The highest BCUT2D eigenvalue weighted by Gasteiger charge is 2.15. The topological polar surface area (TPSA) is 50.4 Å². The smallest absolute Gasteiger partial charge is 0.262 e. The molecule has 2 aromatic carbocycles. The summed E-state index contributed by atoms with van der Waals surface area (Å²) in [5.41, 5.74) is 2.84. The van der Waals surface area contributed by atoms with Gasteiger partial charge in [0.15, 0.2) is 6.61 Å². The lowest BCUT2D eigenvalue weighted by Crippen LogP contribution is -2.25. The SMILES string of the molecule is O=C1COc2ccc(CNc3ccccc3Br)cc2N1. The number of anilines is 2. The molecular weight excluding hydrogens is 320 g/mol. The van der Waals surface area contributed by atoms with Crippen LogP contribution in [0.15, 0.2) is 46.9 Å². The molecule has 4 nitrogen and oxygen atoms in total. The molecule has 2 aromatic rings. The number of ether oxygens (including phenoxy) is 1. The zero-order valence-electron chi connectivity index (χ0n) is 10.7. The Morgan fingerprint density at radius 2 is 2.10 bits per heavy atom. The molecule has 0 saturated carbocycles. The van der Waals surface area contributed by atoms with Crippen molar-refractivity contribution < 1.29 is 9.53 Å². The first-order chi connectivity index (χ1) is 9.72. The van der Waals surface area contributed by atoms with Crippen molar-refractivity contribution in [3.8, 4) is 5.75 Å². The summed E-state index contributed by atoms with van der Waals surface area (Å²) in [6, 6.07) is 13.7. The van der Waals surface area contributed by atoms with E-state index in [4.69, 9.17) is 4.74 Å². The Labute approximate surface area is 125 Å². The van der Waals surface area contributed by atoms with Gasteiger partial charge in [-0.3, -0.25) is 4.79 Å². The Morgan fingerprint density at radius 3 is 2.95 bits per heavy atom. The Morgan fingerprint density at radius 1 is 1.25 bits per heavy atom. The number of hydrogen-bond donors (Lipinski definition) is 2. The second-order valence-electron chi connectivity index (χ2n) is 4.50. The van der Waals surface area contributed by atoms with E-state index in [1.54, 1.807) is 0 Å². The van der Waals surface area contributed by atoms with Crippen LogP contribution in [0.25, 0.3) is 0 Å². The number of halogens is 1. The van der Waals surface area contributed by atoms with Crippen molar-refractivity contribution in [3.05, 3.63) is 52.5 Å². The third-order valence-corrected chi connectivity index (χ3v) is 3.73. The average molecular weight is 333 g/mol. The minimum Gasteiger partial charge on any atom is -0.482 e. The Balaban J connectivity index is 1.74. The molecule has 0 saturated heterocycles. The van der Waals surface area contributed by atoms with Gasteiger partial charge in [-0.05, 0) is 45.8 Å². The van der Waals surface area contributed by atoms with E-state index in [0.717, 1.165) is 21.4 Å². The lowest BCUT2D eigenvalue weighted by molar-refractivity contribution is -0.118. The van der Waals surface area contributed by atoms with Crippen LogP contribution in [0.2, 0.25) is 0 Å². The molecule has 0 fully saturated rings. The van der Waals surface area contributed by atoms with Gasteiger partial charge in [0.05, 0.1) is 5.69 Å². The summed E-state index contributed by atoms with van der Waals surface area (Å²) in [7, 11) is 0. The van der Waals surface area contributed by atoms with Crippen LogP contribution in [0.1, 0.15) is 5.56 Å². The number of benzene rings is 2. The lowest BCUT2D eigenvalue weighted by Gasteiger charge is -2.18. The zero-order chi connectivity index (χ0) is 13.9. The van der Waals surface area contributed by atoms with Gasteiger partial charge in [0.25, 0.3) is 5.91 Å². The van der Waals surface area contributed by atoms with Gasteiger partial charge in [-0.2, -0.15) is 0 Å². The van der Waals surface area contributed by atoms with Gasteiger partial charge in [0.1, 0.15) is 5.75 Å². The largest absolute Gasteiger partial charge is 0.482 e. The monoisotopic (exact) mass is 332 g/mol. The molecular formula is C15H13BrN2O2. The minimum absolute atomic E-state index is 0.0849. The van der Waals surface area contributed by atoms with E-state index in [1.807, 2.05) is 42.5 Å². The van der Waals surface area contributed by atoms with Crippen LogP contribution >= 0.6 is 15.9 Å². The lowest BCUT2D eigenvalue weighted by atomic mass is 10.1. The number of carbonyl (C=O) groups is 1. The molecule has 20 heavy (non-hydrogen) atoms. The normalized spacial score (nSPS) is 13.2. The van der Waals surface area contributed by atoms with E-state index in [1.165, 1.54) is 0 Å². The summed E-state index contributed by atoms with van der Waals surface area (Å²) in [6.07, 6.45) is 0. The van der Waals surface area contributed by atoms with Gasteiger partial charge < -0.3 is 15.4 Å². The Hall–Kier alpha value is -2.01. The highest BCUT2D eigenvalue weighted by molar-refractivity contribution is 9.10. The first kappa shape index (κ1) is 13.0. The molecule has 0 bridgehead atoms. The minimum atomic E-state index is -0.117. The van der Waals surface area contributed by atoms with Gasteiger partial charge >= 0.3 is 0 Å². The molecule has 1 aliphatic rings. The van der Waals surface area contributed by atoms with Crippen LogP contribution in [0.3, 0.4) is 0 Å². The van der Waals surface area contributed by atoms with E-state index in [2.05, 4.69) is 26.6 Å². The van der Waals surface area contributed by atoms with Crippen molar-refractivity contribution in [1.29, 1.82) is 0 Å². The predicted molar refractivity (Wildman–Crippen MR) is 82.0 cm³/mol. The maximum atomic E-state index is 11.3. The molecule has 0 unspecified atom stereocenters. The first-order valence-corrected chi connectivity index (χ1v) is 7.05. The first-order valence-electron chi connectivity index (χ1n) is 6.26. The molecule has 1 aliphatic heterocycles. The fraction of sp³-hybridized carbons (Fsp3) is 0.133. The summed E-state index contributed by atoms with van der Waals surface area (Å²) < 4.78 is 6.36. The maximum absolute atomic E-state index is 11.3. The van der Waals surface area contributed by atoms with Crippen molar-refractivity contribution in [2.45, 2.75) is 6.54 Å². The van der Waals surface area contributed by atoms with Gasteiger partial charge in [0, 0.05) is 16.7 Å². The highest BCUT2D eigenvalue weighted by atomic mass is 79.9. The molecule has 102 valence electrons. The van der Waals surface area contributed by atoms with Crippen LogP contribution in [-0.2, 0) is 11.3 Å². The average Bonchev–Trinajstić information content (AvgIpc) is 2.46. The van der Waals surface area contributed by atoms with Crippen molar-refractivity contribution in [3.63, 3.8) is 0 Å². The van der Waals surface area contributed by atoms with Crippen LogP contribution in [0.5, 0.6) is 5.75 Å². The summed E-state index contributed by atoms with van der Waals surface area (Å²) in [6.45, 7) is 0.757. The summed E-state index contributed by atoms with van der Waals surface area (Å²) >= 11 is 3.50. The van der Waals surface area contributed by atoms with E-state index >= 15 is 0 Å². The number of nitrogens with one attached hydrogen (secondary N) is 2. The third-order valence-electron chi connectivity index (χ3n) is 3.03. The number of amides is 1. The molecule has 0 aromatic heterocycles. The molecule has 0 spiro atoms. The van der Waals surface area contributed by atoms with Crippen LogP contribution in [0.4, 0.5) is 11.4 Å². The number of hydrogen-bond acceptors (Lipinski definition) is 3. The van der Waals surface area contributed by atoms with Gasteiger partial charge in [-0.15, -0.1) is 0 Å². The molecule has 0 aliphatic carbocycles. The number of carbonyl (C=O) groups excluding carboxylic acids is 1. The van der Waals surface area contributed by atoms with Crippen LogP contribution < -0.4 is 15.4 Å². The molecule has 3 rings (SSSR count). The van der Waals surface area contributed by atoms with E-state index in [9.17, 15) is 4.79 Å². The van der Waals surface area contributed by atoms with Crippen molar-refractivity contribution in [2.75, 3.05) is 17.2 Å². The molecule has 1 amide bonds. The fourth-order valence-corrected chi connectivity index (χ4v) is 2.47. The molecule has 0 radical (unpaired) electrons. The highest BCUT2D eigenvalue weighted by Crippen LogP contribution is 2.29. The molecule has 5 heteroatoms. The summed E-state index contributed by atoms with van der Waals surface area (Å²) in [5, 5.41) is 6.16. The van der Waals surface area contributed by atoms with Gasteiger partial charge in [-0.25, -0.2) is 0 Å². The Bertz CT molecular complexity index is 658. The maximum Gasteiger partial charge on any atom is 0.262 e. The summed E-state index contributed by atoms with van der Waals surface area (Å²) in [4.78, 5) is 11.3. The van der Waals surface area contributed by atoms with Crippen molar-refractivity contribution >= 4 is 33.2 Å².